The van der Waals surface area contributed by atoms with E-state index in [4.69, 9.17) is 25.8 Å². The van der Waals surface area contributed by atoms with E-state index in [9.17, 15) is 9.18 Å². The van der Waals surface area contributed by atoms with E-state index in [2.05, 4.69) is 10.5 Å². The van der Waals surface area contributed by atoms with Crippen LogP contribution >= 0.6 is 11.6 Å². The Morgan fingerprint density at radius 2 is 1.88 bits per heavy atom. The molecule has 0 radical (unpaired) electrons. The van der Waals surface area contributed by atoms with E-state index >= 15 is 0 Å². The highest BCUT2D eigenvalue weighted by molar-refractivity contribution is 6.30. The number of rotatable bonds is 9. The third kappa shape index (κ3) is 6.21. The van der Waals surface area contributed by atoms with Crippen LogP contribution in [0.1, 0.15) is 28.4 Å². The number of nitrogens with one attached hydrogen (secondary N) is 1. The minimum atomic E-state index is -0.424. The number of benzene rings is 3. The van der Waals surface area contributed by atoms with Crippen molar-refractivity contribution in [1.29, 1.82) is 0 Å². The molecule has 166 valence electrons. The summed E-state index contributed by atoms with van der Waals surface area (Å²) in [6.07, 6.45) is 1.43. The van der Waals surface area contributed by atoms with Gasteiger partial charge in [0, 0.05) is 16.1 Å². The number of amides is 1. The van der Waals surface area contributed by atoms with Crippen LogP contribution in [0, 0.1) is 5.82 Å². The first-order valence-electron chi connectivity index (χ1n) is 9.81. The van der Waals surface area contributed by atoms with E-state index in [-0.39, 0.29) is 12.4 Å². The Morgan fingerprint density at radius 3 is 2.62 bits per heavy atom. The fourth-order valence-corrected chi connectivity index (χ4v) is 3.03. The Balaban J connectivity index is 1.69. The summed E-state index contributed by atoms with van der Waals surface area (Å²) in [5, 5.41) is 4.49. The lowest BCUT2D eigenvalue weighted by Gasteiger charge is -2.11. The average molecular weight is 457 g/mol. The topological polar surface area (TPSA) is 69.2 Å². The number of hydrogen-bond acceptors (Lipinski definition) is 5. The highest BCUT2D eigenvalue weighted by Gasteiger charge is 2.11. The number of nitrogens with zero attached hydrogens (tertiary/aromatic N) is 1. The Bertz CT molecular complexity index is 1120. The maximum atomic E-state index is 13.4. The Kier molecular flexibility index (Phi) is 8.05. The lowest BCUT2D eigenvalue weighted by atomic mass is 10.2. The molecule has 3 aromatic carbocycles. The molecule has 1 N–H and O–H groups in total. The molecule has 0 aliphatic carbocycles. The first-order chi connectivity index (χ1) is 15.5. The first-order valence-corrected chi connectivity index (χ1v) is 10.2. The van der Waals surface area contributed by atoms with Crippen LogP contribution in [0.25, 0.3) is 0 Å². The molecule has 8 heteroatoms. The molecule has 1 amide bonds. The van der Waals surface area contributed by atoms with Gasteiger partial charge in [-0.15, -0.1) is 0 Å². The van der Waals surface area contributed by atoms with Crippen molar-refractivity contribution in [3.05, 3.63) is 88.2 Å². The van der Waals surface area contributed by atoms with Crippen molar-refractivity contribution in [2.45, 2.75) is 13.5 Å². The van der Waals surface area contributed by atoms with Gasteiger partial charge in [0.15, 0.2) is 11.5 Å². The quantitative estimate of drug-likeness (QED) is 0.353. The van der Waals surface area contributed by atoms with E-state index < -0.39 is 5.91 Å². The van der Waals surface area contributed by atoms with E-state index in [1.165, 1.54) is 25.5 Å². The summed E-state index contributed by atoms with van der Waals surface area (Å²) < 4.78 is 29.9. The summed E-state index contributed by atoms with van der Waals surface area (Å²) in [5.74, 6) is 0.726. The number of hydrazone groups is 1. The zero-order chi connectivity index (χ0) is 22.9. The lowest BCUT2D eigenvalue weighted by molar-refractivity contribution is 0.0954. The smallest absolute Gasteiger partial charge is 0.271 e. The minimum absolute atomic E-state index is 0.165. The van der Waals surface area contributed by atoms with E-state index in [0.29, 0.717) is 45.6 Å². The van der Waals surface area contributed by atoms with Crippen molar-refractivity contribution in [3.63, 3.8) is 0 Å². The molecule has 32 heavy (non-hydrogen) atoms. The Morgan fingerprint density at radius 1 is 1.06 bits per heavy atom. The van der Waals surface area contributed by atoms with Crippen molar-refractivity contribution < 1.29 is 23.4 Å². The summed E-state index contributed by atoms with van der Waals surface area (Å²) >= 11 is 6.09. The summed E-state index contributed by atoms with van der Waals surface area (Å²) in [4.78, 5) is 12.5. The number of carbonyl (C=O) groups excluding carboxylic acids is 1. The highest BCUT2D eigenvalue weighted by Crippen LogP contribution is 2.28. The van der Waals surface area contributed by atoms with Gasteiger partial charge in [0.05, 0.1) is 19.9 Å². The van der Waals surface area contributed by atoms with Crippen molar-refractivity contribution in [3.8, 4) is 17.2 Å². The SMILES string of the molecule is CCOc1ccc(C(=O)N/N=C/c2cc(Cl)ccc2OCc2cccc(F)c2)cc1OC. The summed E-state index contributed by atoms with van der Waals surface area (Å²) in [7, 11) is 1.50. The molecule has 0 aliphatic rings. The molecule has 0 bridgehead atoms. The lowest BCUT2D eigenvalue weighted by Crippen LogP contribution is -2.17. The van der Waals surface area contributed by atoms with Crippen LogP contribution in [0.4, 0.5) is 4.39 Å². The maximum Gasteiger partial charge on any atom is 0.271 e. The Hall–Kier alpha value is -3.58. The van der Waals surface area contributed by atoms with Crippen LogP contribution in [0.3, 0.4) is 0 Å². The average Bonchev–Trinajstić information content (AvgIpc) is 2.79. The van der Waals surface area contributed by atoms with Gasteiger partial charge in [-0.2, -0.15) is 5.10 Å². The normalized spacial score (nSPS) is 10.8. The zero-order valence-corrected chi connectivity index (χ0v) is 18.4. The van der Waals surface area contributed by atoms with Crippen LogP contribution in [0.15, 0.2) is 65.8 Å². The molecule has 6 nitrogen and oxygen atoms in total. The summed E-state index contributed by atoms with van der Waals surface area (Å²) in [6.45, 7) is 2.51. The Labute approximate surface area is 190 Å². The van der Waals surface area contributed by atoms with Crippen molar-refractivity contribution in [2.24, 2.45) is 5.10 Å². The zero-order valence-electron chi connectivity index (χ0n) is 17.6. The second-order valence-electron chi connectivity index (χ2n) is 6.60. The molecule has 0 saturated heterocycles. The van der Waals surface area contributed by atoms with Gasteiger partial charge in [-0.3, -0.25) is 4.79 Å². The minimum Gasteiger partial charge on any atom is -0.493 e. The van der Waals surface area contributed by atoms with E-state index in [0.717, 1.165) is 0 Å². The van der Waals surface area contributed by atoms with Crippen LogP contribution in [0.2, 0.25) is 5.02 Å². The monoisotopic (exact) mass is 456 g/mol. The number of methoxy groups -OCH3 is 1. The van der Waals surface area contributed by atoms with E-state index in [1.807, 2.05) is 6.92 Å². The number of carbonyl (C=O) groups is 1. The van der Waals surface area contributed by atoms with Gasteiger partial charge in [0.1, 0.15) is 18.2 Å². The maximum absolute atomic E-state index is 13.4. The standard InChI is InChI=1S/C24H22ClFN2O4/c1-3-31-22-9-7-17(13-23(22)30-2)24(29)28-27-14-18-12-19(25)8-10-21(18)32-15-16-5-4-6-20(26)11-16/h4-14H,3,15H2,1-2H3,(H,28,29)/b27-14+. The van der Waals surface area contributed by atoms with Crippen molar-refractivity contribution in [2.75, 3.05) is 13.7 Å². The molecule has 0 saturated carbocycles. The van der Waals surface area contributed by atoms with Crippen molar-refractivity contribution in [1.82, 2.24) is 5.43 Å². The molecule has 0 fully saturated rings. The molecule has 0 unspecified atom stereocenters. The third-order valence-corrected chi connectivity index (χ3v) is 4.59. The molecule has 0 heterocycles. The van der Waals surface area contributed by atoms with Gasteiger partial charge in [-0.05, 0) is 61.0 Å². The van der Waals surface area contributed by atoms with Gasteiger partial charge < -0.3 is 14.2 Å². The summed E-state index contributed by atoms with van der Waals surface area (Å²) in [6, 6.07) is 16.0. The fraction of sp³-hybridized carbons (Fsp3) is 0.167. The predicted octanol–water partition coefficient (Wildman–Crippen LogP) is 5.23. The molecule has 0 atom stereocenters. The van der Waals surface area contributed by atoms with Crippen LogP contribution in [0.5, 0.6) is 17.2 Å². The van der Waals surface area contributed by atoms with Crippen LogP contribution < -0.4 is 19.6 Å². The van der Waals surface area contributed by atoms with Gasteiger partial charge in [0.2, 0.25) is 0 Å². The molecule has 0 spiro atoms. The first kappa shape index (κ1) is 23.1. The molecule has 0 aromatic heterocycles. The van der Waals surface area contributed by atoms with Crippen LogP contribution in [-0.2, 0) is 6.61 Å². The van der Waals surface area contributed by atoms with E-state index in [1.54, 1.807) is 48.5 Å². The second kappa shape index (κ2) is 11.2. The van der Waals surface area contributed by atoms with Gasteiger partial charge in [-0.25, -0.2) is 9.82 Å². The molecule has 0 aliphatic heterocycles. The van der Waals surface area contributed by atoms with Crippen LogP contribution in [-0.4, -0.2) is 25.8 Å². The third-order valence-electron chi connectivity index (χ3n) is 4.35. The highest BCUT2D eigenvalue weighted by atomic mass is 35.5. The number of hydrogen-bond donors (Lipinski definition) is 1. The van der Waals surface area contributed by atoms with Gasteiger partial charge >= 0.3 is 0 Å². The summed E-state index contributed by atoms with van der Waals surface area (Å²) in [5.41, 5.74) is 4.06. The van der Waals surface area contributed by atoms with Gasteiger partial charge in [-0.1, -0.05) is 23.7 Å². The predicted molar refractivity (Wildman–Crippen MR) is 121 cm³/mol. The number of halogens is 2. The molecular weight excluding hydrogens is 435 g/mol. The molecule has 3 aromatic rings. The second-order valence-corrected chi connectivity index (χ2v) is 7.03. The van der Waals surface area contributed by atoms with Crippen molar-refractivity contribution >= 4 is 23.7 Å². The molecule has 3 rings (SSSR count). The fourth-order valence-electron chi connectivity index (χ4n) is 2.85. The largest absolute Gasteiger partial charge is 0.493 e. The molecular formula is C24H22ClFN2O4. The number of ether oxygens (including phenoxy) is 3. The van der Waals surface area contributed by atoms with Gasteiger partial charge in [0.25, 0.3) is 5.91 Å².